The molecule has 0 bridgehead atoms. The highest BCUT2D eigenvalue weighted by atomic mass is 79.9. The first-order chi connectivity index (χ1) is 9.56. The maximum Gasteiger partial charge on any atom is 0.355 e. The number of carboxylic acids is 1. The summed E-state index contributed by atoms with van der Waals surface area (Å²) in [6.07, 6.45) is 1.79. The number of hydrogen-bond acceptors (Lipinski definition) is 2. The van der Waals surface area contributed by atoms with E-state index in [2.05, 4.69) is 20.9 Å². The number of carboxylic acid groups (broad SMARTS) is 1. The number of fused-ring (bicyclic) bond motifs is 1. The Bertz CT molecular complexity index is 807. The Morgan fingerprint density at radius 3 is 2.55 bits per heavy atom. The highest BCUT2D eigenvalue weighted by Gasteiger charge is 2.19. The zero-order valence-corrected chi connectivity index (χ0v) is 12.3. The number of imidazole rings is 1. The maximum absolute atomic E-state index is 11.6. The molecule has 0 aliphatic rings. The normalized spacial score (nSPS) is 10.9. The Labute approximate surface area is 123 Å². The van der Waals surface area contributed by atoms with Gasteiger partial charge in [-0.2, -0.15) is 0 Å². The number of hydrogen-bond donors (Lipinski definition) is 1. The molecule has 3 rings (SSSR count). The molecular weight excluding hydrogens is 320 g/mol. The predicted molar refractivity (Wildman–Crippen MR) is 80.0 cm³/mol. The second-order valence-corrected chi connectivity index (χ2v) is 5.47. The number of aryl methyl sites for hydroxylation is 1. The maximum atomic E-state index is 11.6. The lowest BCUT2D eigenvalue weighted by atomic mass is 10.1. The number of benzene rings is 1. The molecule has 5 heteroatoms. The van der Waals surface area contributed by atoms with Gasteiger partial charge in [0.2, 0.25) is 0 Å². The van der Waals surface area contributed by atoms with Gasteiger partial charge in [0, 0.05) is 16.2 Å². The molecule has 1 N–H and O–H groups in total. The van der Waals surface area contributed by atoms with Gasteiger partial charge in [-0.25, -0.2) is 9.78 Å². The van der Waals surface area contributed by atoms with E-state index < -0.39 is 5.97 Å². The van der Waals surface area contributed by atoms with Gasteiger partial charge in [-0.05, 0) is 30.7 Å². The van der Waals surface area contributed by atoms with Crippen LogP contribution in [-0.4, -0.2) is 20.5 Å². The smallest absolute Gasteiger partial charge is 0.355 e. The minimum Gasteiger partial charge on any atom is -0.476 e. The Morgan fingerprint density at radius 1 is 1.20 bits per heavy atom. The topological polar surface area (TPSA) is 54.6 Å². The van der Waals surface area contributed by atoms with Crippen LogP contribution in [0.5, 0.6) is 0 Å². The lowest BCUT2D eigenvalue weighted by Gasteiger charge is -2.01. The Kier molecular flexibility index (Phi) is 3.06. The summed E-state index contributed by atoms with van der Waals surface area (Å²) in [5.74, 6) is -0.985. The SMILES string of the molecule is Cc1ccc2nc(-c3ccc(Br)cc3)c(C(=O)O)n2c1. The third kappa shape index (κ3) is 2.10. The van der Waals surface area contributed by atoms with Crippen LogP contribution in [0.25, 0.3) is 16.9 Å². The number of aromatic carboxylic acids is 1. The summed E-state index contributed by atoms with van der Waals surface area (Å²) in [4.78, 5) is 16.0. The van der Waals surface area contributed by atoms with Gasteiger partial charge in [0.15, 0.2) is 5.69 Å². The van der Waals surface area contributed by atoms with Crippen molar-refractivity contribution < 1.29 is 9.90 Å². The molecule has 0 atom stereocenters. The summed E-state index contributed by atoms with van der Waals surface area (Å²) in [5.41, 5.74) is 3.07. The van der Waals surface area contributed by atoms with Gasteiger partial charge in [0.25, 0.3) is 0 Å². The molecule has 20 heavy (non-hydrogen) atoms. The van der Waals surface area contributed by atoms with Gasteiger partial charge >= 0.3 is 5.97 Å². The number of carbonyl (C=O) groups is 1. The Morgan fingerprint density at radius 2 is 1.90 bits per heavy atom. The van der Waals surface area contributed by atoms with E-state index in [0.29, 0.717) is 11.3 Å². The van der Waals surface area contributed by atoms with Crippen molar-refractivity contribution in [3.05, 3.63) is 58.3 Å². The molecule has 1 aromatic carbocycles. The minimum absolute atomic E-state index is 0.186. The summed E-state index contributed by atoms with van der Waals surface area (Å²) >= 11 is 3.37. The third-order valence-corrected chi connectivity index (χ3v) is 3.62. The van der Waals surface area contributed by atoms with Crippen LogP contribution < -0.4 is 0 Å². The van der Waals surface area contributed by atoms with Crippen molar-refractivity contribution in [1.29, 1.82) is 0 Å². The molecule has 100 valence electrons. The van der Waals surface area contributed by atoms with Gasteiger partial charge in [-0.15, -0.1) is 0 Å². The second-order valence-electron chi connectivity index (χ2n) is 4.56. The average Bonchev–Trinajstić information content (AvgIpc) is 2.78. The predicted octanol–water partition coefficient (Wildman–Crippen LogP) is 3.77. The van der Waals surface area contributed by atoms with Crippen molar-refractivity contribution in [3.63, 3.8) is 0 Å². The van der Waals surface area contributed by atoms with Crippen molar-refractivity contribution in [2.24, 2.45) is 0 Å². The number of pyridine rings is 1. The van der Waals surface area contributed by atoms with Gasteiger partial charge < -0.3 is 5.11 Å². The number of aromatic nitrogens is 2. The quantitative estimate of drug-likeness (QED) is 0.778. The van der Waals surface area contributed by atoms with Crippen molar-refractivity contribution >= 4 is 27.5 Å². The van der Waals surface area contributed by atoms with E-state index in [1.807, 2.05) is 43.3 Å². The largest absolute Gasteiger partial charge is 0.476 e. The molecule has 0 spiro atoms. The highest BCUT2D eigenvalue weighted by molar-refractivity contribution is 9.10. The van der Waals surface area contributed by atoms with Crippen molar-refractivity contribution in [2.75, 3.05) is 0 Å². The van der Waals surface area contributed by atoms with Crippen LogP contribution in [0, 0.1) is 6.92 Å². The van der Waals surface area contributed by atoms with Crippen LogP contribution in [0.1, 0.15) is 16.1 Å². The van der Waals surface area contributed by atoms with Crippen molar-refractivity contribution in [1.82, 2.24) is 9.38 Å². The van der Waals surface area contributed by atoms with Gasteiger partial charge in [0.05, 0.1) is 0 Å². The van der Waals surface area contributed by atoms with Crippen LogP contribution in [0.2, 0.25) is 0 Å². The molecule has 4 nitrogen and oxygen atoms in total. The Hall–Kier alpha value is -2.14. The lowest BCUT2D eigenvalue weighted by molar-refractivity contribution is 0.0690. The highest BCUT2D eigenvalue weighted by Crippen LogP contribution is 2.26. The fourth-order valence-electron chi connectivity index (χ4n) is 2.16. The fraction of sp³-hybridized carbons (Fsp3) is 0.0667. The van der Waals surface area contributed by atoms with Crippen molar-refractivity contribution in [2.45, 2.75) is 6.92 Å². The number of halogens is 1. The third-order valence-electron chi connectivity index (χ3n) is 3.09. The monoisotopic (exact) mass is 330 g/mol. The number of nitrogens with zero attached hydrogens (tertiary/aromatic N) is 2. The van der Waals surface area contributed by atoms with Gasteiger partial charge in [0.1, 0.15) is 11.3 Å². The zero-order chi connectivity index (χ0) is 14.3. The van der Waals surface area contributed by atoms with E-state index >= 15 is 0 Å². The van der Waals surface area contributed by atoms with E-state index in [1.165, 1.54) is 0 Å². The average molecular weight is 331 g/mol. The molecule has 0 saturated heterocycles. The molecule has 0 radical (unpaired) electrons. The molecule has 0 aliphatic carbocycles. The summed E-state index contributed by atoms with van der Waals surface area (Å²) in [6, 6.07) is 11.2. The molecule has 2 aromatic heterocycles. The fourth-order valence-corrected chi connectivity index (χ4v) is 2.43. The Balaban J connectivity index is 2.32. The number of rotatable bonds is 2. The standard InChI is InChI=1S/C15H11BrN2O2/c1-9-2-7-12-17-13(10-3-5-11(16)6-4-10)14(15(19)20)18(12)8-9/h2-8H,1H3,(H,19,20). The summed E-state index contributed by atoms with van der Waals surface area (Å²) in [6.45, 7) is 1.92. The van der Waals surface area contributed by atoms with E-state index in [0.717, 1.165) is 15.6 Å². The van der Waals surface area contributed by atoms with Crippen LogP contribution in [0.4, 0.5) is 0 Å². The summed E-state index contributed by atoms with van der Waals surface area (Å²) in [5, 5.41) is 9.49. The van der Waals surface area contributed by atoms with E-state index in [9.17, 15) is 9.90 Å². The molecule has 3 aromatic rings. The first-order valence-corrected chi connectivity index (χ1v) is 6.83. The van der Waals surface area contributed by atoms with E-state index in [4.69, 9.17) is 0 Å². The molecule has 0 aliphatic heterocycles. The van der Waals surface area contributed by atoms with Crippen LogP contribution >= 0.6 is 15.9 Å². The van der Waals surface area contributed by atoms with E-state index in [-0.39, 0.29) is 5.69 Å². The van der Waals surface area contributed by atoms with Crippen LogP contribution in [0.15, 0.2) is 47.1 Å². The molecule has 0 saturated carbocycles. The first-order valence-electron chi connectivity index (χ1n) is 6.04. The van der Waals surface area contributed by atoms with Gasteiger partial charge in [-0.3, -0.25) is 4.40 Å². The molecular formula is C15H11BrN2O2. The van der Waals surface area contributed by atoms with Crippen molar-refractivity contribution in [3.8, 4) is 11.3 Å². The molecule has 0 unspecified atom stereocenters. The molecule has 0 amide bonds. The van der Waals surface area contributed by atoms with Crippen LogP contribution in [-0.2, 0) is 0 Å². The van der Waals surface area contributed by atoms with Gasteiger partial charge in [-0.1, -0.05) is 34.1 Å². The second kappa shape index (κ2) is 4.76. The molecule has 0 fully saturated rings. The minimum atomic E-state index is -0.985. The lowest BCUT2D eigenvalue weighted by Crippen LogP contribution is -2.03. The van der Waals surface area contributed by atoms with Crippen LogP contribution in [0.3, 0.4) is 0 Å². The zero-order valence-electron chi connectivity index (χ0n) is 10.7. The van der Waals surface area contributed by atoms with E-state index in [1.54, 1.807) is 10.6 Å². The summed E-state index contributed by atoms with van der Waals surface area (Å²) < 4.78 is 2.56. The first kappa shape index (κ1) is 12.9. The molecule has 2 heterocycles. The summed E-state index contributed by atoms with van der Waals surface area (Å²) in [7, 11) is 0.